The molecule has 0 radical (unpaired) electrons. The second-order valence-corrected chi connectivity index (χ2v) is 6.49. The number of rotatable bonds is 6. The standard InChI is InChI=1S/C21H18ClN3OS/c22-18-12-10-16(11-13-18)15-26-20-9-5-4-6-17(20)14-23-25-21(27)24-19-7-2-1-3-8-19/h1-14H,15H2,(H2,24,25,27)/b23-14-. The Bertz CT molecular complexity index is 914. The fraction of sp³-hybridized carbons (Fsp3) is 0.0476. The van der Waals surface area contributed by atoms with Gasteiger partial charge in [-0.3, -0.25) is 5.43 Å². The van der Waals surface area contributed by atoms with E-state index in [-0.39, 0.29) is 0 Å². The van der Waals surface area contributed by atoms with Gasteiger partial charge in [-0.15, -0.1) is 0 Å². The zero-order chi connectivity index (χ0) is 18.9. The molecule has 3 aromatic carbocycles. The van der Waals surface area contributed by atoms with Crippen molar-refractivity contribution in [1.29, 1.82) is 0 Å². The summed E-state index contributed by atoms with van der Waals surface area (Å²) < 4.78 is 5.91. The summed E-state index contributed by atoms with van der Waals surface area (Å²) >= 11 is 11.1. The Kier molecular flexibility index (Phi) is 6.79. The third-order valence-electron chi connectivity index (χ3n) is 3.63. The molecular formula is C21H18ClN3OS. The van der Waals surface area contributed by atoms with Gasteiger partial charge in [0.15, 0.2) is 5.11 Å². The van der Waals surface area contributed by atoms with E-state index in [1.165, 1.54) is 0 Å². The van der Waals surface area contributed by atoms with Crippen molar-refractivity contribution in [3.63, 3.8) is 0 Å². The van der Waals surface area contributed by atoms with E-state index in [4.69, 9.17) is 28.6 Å². The summed E-state index contributed by atoms with van der Waals surface area (Å²) in [6, 6.07) is 24.9. The number of nitrogens with one attached hydrogen (secondary N) is 2. The van der Waals surface area contributed by atoms with E-state index in [1.54, 1.807) is 6.21 Å². The molecule has 0 aliphatic carbocycles. The number of hydrazone groups is 1. The second-order valence-electron chi connectivity index (χ2n) is 5.64. The number of hydrogen-bond acceptors (Lipinski definition) is 3. The molecule has 0 heterocycles. The molecule has 0 aromatic heterocycles. The third-order valence-corrected chi connectivity index (χ3v) is 4.07. The summed E-state index contributed by atoms with van der Waals surface area (Å²) in [5, 5.41) is 8.37. The molecule has 2 N–H and O–H groups in total. The monoisotopic (exact) mass is 395 g/mol. The highest BCUT2D eigenvalue weighted by Gasteiger charge is 2.02. The first-order valence-electron chi connectivity index (χ1n) is 8.32. The van der Waals surface area contributed by atoms with Crippen molar-refractivity contribution >= 4 is 40.8 Å². The fourth-order valence-electron chi connectivity index (χ4n) is 2.30. The minimum absolute atomic E-state index is 0.414. The molecule has 0 atom stereocenters. The first-order valence-corrected chi connectivity index (χ1v) is 9.11. The average Bonchev–Trinajstić information content (AvgIpc) is 2.69. The summed E-state index contributed by atoms with van der Waals surface area (Å²) in [6.07, 6.45) is 1.68. The van der Waals surface area contributed by atoms with Crippen molar-refractivity contribution in [2.24, 2.45) is 5.10 Å². The van der Waals surface area contributed by atoms with Crippen molar-refractivity contribution < 1.29 is 4.74 Å². The zero-order valence-corrected chi connectivity index (χ0v) is 16.0. The minimum Gasteiger partial charge on any atom is -0.488 e. The van der Waals surface area contributed by atoms with Crippen LogP contribution in [0.4, 0.5) is 5.69 Å². The van der Waals surface area contributed by atoms with E-state index in [9.17, 15) is 0 Å². The quantitative estimate of drug-likeness (QED) is 0.340. The molecule has 4 nitrogen and oxygen atoms in total. The van der Waals surface area contributed by atoms with Crippen LogP contribution in [0.15, 0.2) is 84.0 Å². The van der Waals surface area contributed by atoms with Crippen molar-refractivity contribution in [2.45, 2.75) is 6.61 Å². The number of hydrogen-bond donors (Lipinski definition) is 2. The Morgan fingerprint density at radius 1 is 0.963 bits per heavy atom. The molecule has 3 rings (SSSR count). The predicted molar refractivity (Wildman–Crippen MR) is 116 cm³/mol. The third kappa shape index (κ3) is 6.09. The van der Waals surface area contributed by atoms with E-state index in [1.807, 2.05) is 78.9 Å². The average molecular weight is 396 g/mol. The van der Waals surface area contributed by atoms with E-state index >= 15 is 0 Å². The number of halogens is 1. The van der Waals surface area contributed by atoms with E-state index < -0.39 is 0 Å². The summed E-state index contributed by atoms with van der Waals surface area (Å²) in [4.78, 5) is 0. The first-order chi connectivity index (χ1) is 13.2. The van der Waals surface area contributed by atoms with E-state index in [0.29, 0.717) is 16.7 Å². The smallest absolute Gasteiger partial charge is 0.191 e. The van der Waals surface area contributed by atoms with Gasteiger partial charge in [0, 0.05) is 16.3 Å². The van der Waals surface area contributed by atoms with Gasteiger partial charge in [0.25, 0.3) is 0 Å². The number of thiocarbonyl (C=S) groups is 1. The predicted octanol–water partition coefficient (Wildman–Crippen LogP) is 5.24. The van der Waals surface area contributed by atoms with Crippen molar-refractivity contribution in [3.8, 4) is 5.75 Å². The van der Waals surface area contributed by atoms with Crippen LogP contribution in [0, 0.1) is 0 Å². The van der Waals surface area contributed by atoms with Gasteiger partial charge >= 0.3 is 0 Å². The molecule has 0 aliphatic heterocycles. The van der Waals surface area contributed by atoms with Gasteiger partial charge in [-0.25, -0.2) is 0 Å². The maximum absolute atomic E-state index is 5.91. The van der Waals surface area contributed by atoms with Crippen molar-refractivity contribution in [3.05, 3.63) is 95.0 Å². The Balaban J connectivity index is 1.57. The maximum Gasteiger partial charge on any atom is 0.191 e. The van der Waals surface area contributed by atoms with Crippen molar-refractivity contribution in [2.75, 3.05) is 5.32 Å². The molecule has 3 aromatic rings. The Morgan fingerprint density at radius 3 is 2.44 bits per heavy atom. The normalized spacial score (nSPS) is 10.6. The molecule has 0 aliphatic rings. The van der Waals surface area contributed by atoms with Crippen LogP contribution in [0.5, 0.6) is 5.75 Å². The minimum atomic E-state index is 0.414. The molecule has 27 heavy (non-hydrogen) atoms. The Morgan fingerprint density at radius 2 is 1.67 bits per heavy atom. The van der Waals surface area contributed by atoms with E-state index in [2.05, 4.69) is 15.8 Å². The molecule has 136 valence electrons. The summed E-state index contributed by atoms with van der Waals surface area (Å²) in [6.45, 7) is 0.448. The molecule has 0 amide bonds. The summed E-state index contributed by atoms with van der Waals surface area (Å²) in [7, 11) is 0. The van der Waals surface area contributed by atoms with Crippen LogP contribution in [0.1, 0.15) is 11.1 Å². The second kappa shape index (κ2) is 9.71. The van der Waals surface area contributed by atoms with Crippen LogP contribution in [0.3, 0.4) is 0 Å². The molecule has 0 spiro atoms. The van der Waals surface area contributed by atoms with Crippen LogP contribution >= 0.6 is 23.8 Å². The van der Waals surface area contributed by atoms with Gasteiger partial charge in [-0.05, 0) is 54.2 Å². The lowest BCUT2D eigenvalue weighted by atomic mass is 10.2. The van der Waals surface area contributed by atoms with E-state index in [0.717, 1.165) is 22.6 Å². The number of nitrogens with zero attached hydrogens (tertiary/aromatic N) is 1. The van der Waals surface area contributed by atoms with Gasteiger partial charge in [0.1, 0.15) is 12.4 Å². The molecule has 0 bridgehead atoms. The highest BCUT2D eigenvalue weighted by Crippen LogP contribution is 2.18. The van der Waals surface area contributed by atoms with Gasteiger partial charge in [-0.2, -0.15) is 5.10 Å². The number of para-hydroxylation sites is 2. The molecular weight excluding hydrogens is 378 g/mol. The summed E-state index contributed by atoms with van der Waals surface area (Å²) in [5.41, 5.74) is 5.59. The van der Waals surface area contributed by atoms with Crippen LogP contribution in [0.25, 0.3) is 0 Å². The van der Waals surface area contributed by atoms with Crippen molar-refractivity contribution in [1.82, 2.24) is 5.43 Å². The first kappa shape index (κ1) is 18.9. The number of ether oxygens (including phenoxy) is 1. The molecule has 0 saturated heterocycles. The van der Waals surface area contributed by atoms with Gasteiger partial charge < -0.3 is 10.1 Å². The SMILES string of the molecule is S=C(N/N=C\c1ccccc1OCc1ccc(Cl)cc1)Nc1ccccc1. The van der Waals surface area contributed by atoms with Crippen LogP contribution in [-0.4, -0.2) is 11.3 Å². The largest absolute Gasteiger partial charge is 0.488 e. The Hall–Kier alpha value is -2.89. The number of benzene rings is 3. The van der Waals surface area contributed by atoms with Crippen LogP contribution in [0.2, 0.25) is 5.02 Å². The molecule has 0 fully saturated rings. The van der Waals surface area contributed by atoms with Gasteiger partial charge in [-0.1, -0.05) is 54.1 Å². The zero-order valence-electron chi connectivity index (χ0n) is 14.4. The molecule has 0 saturated carbocycles. The lowest BCUT2D eigenvalue weighted by molar-refractivity contribution is 0.306. The van der Waals surface area contributed by atoms with Gasteiger partial charge in [0.05, 0.1) is 6.21 Å². The Labute approximate surface area is 168 Å². The van der Waals surface area contributed by atoms with Crippen LogP contribution < -0.4 is 15.5 Å². The van der Waals surface area contributed by atoms with Gasteiger partial charge in [0.2, 0.25) is 0 Å². The highest BCUT2D eigenvalue weighted by atomic mass is 35.5. The molecule has 0 unspecified atom stereocenters. The molecule has 6 heteroatoms. The highest BCUT2D eigenvalue weighted by molar-refractivity contribution is 7.80. The number of anilines is 1. The fourth-order valence-corrected chi connectivity index (χ4v) is 2.60. The lowest BCUT2D eigenvalue weighted by Gasteiger charge is -2.09. The van der Waals surface area contributed by atoms with Crippen LogP contribution in [-0.2, 0) is 6.61 Å². The summed E-state index contributed by atoms with van der Waals surface area (Å²) in [5.74, 6) is 0.736. The topological polar surface area (TPSA) is 45.7 Å². The lowest BCUT2D eigenvalue weighted by Crippen LogP contribution is -2.23. The maximum atomic E-state index is 5.91.